The zero-order valence-electron chi connectivity index (χ0n) is 9.41. The van der Waals surface area contributed by atoms with Gasteiger partial charge in [0.05, 0.1) is 5.56 Å². The smallest absolute Gasteiger partial charge is 0.145 e. The molecule has 0 aliphatic carbocycles. The summed E-state index contributed by atoms with van der Waals surface area (Å²) in [5, 5.41) is 8.70. The quantitative estimate of drug-likeness (QED) is 0.819. The Hall–Kier alpha value is -1.44. The highest BCUT2D eigenvalue weighted by atomic mass is 19.1. The summed E-state index contributed by atoms with van der Waals surface area (Å²) in [5.74, 6) is -0.412. The molecule has 0 aliphatic rings. The fourth-order valence-electron chi connectivity index (χ4n) is 1.52. The molecule has 1 aromatic rings. The molecule has 0 unspecified atom stereocenters. The number of rotatable bonds is 5. The van der Waals surface area contributed by atoms with Crippen molar-refractivity contribution >= 4 is 0 Å². The molecule has 0 aliphatic heterocycles. The lowest BCUT2D eigenvalue weighted by Gasteiger charge is -2.16. The van der Waals surface area contributed by atoms with E-state index in [1.54, 1.807) is 12.1 Å². The second-order valence-corrected chi connectivity index (χ2v) is 3.77. The summed E-state index contributed by atoms with van der Waals surface area (Å²) in [5.41, 5.74) is 6.06. The third-order valence-electron chi connectivity index (χ3n) is 2.38. The van der Waals surface area contributed by atoms with Crippen LogP contribution in [0.5, 0.6) is 0 Å². The Balaban J connectivity index is 2.70. The van der Waals surface area contributed by atoms with Crippen molar-refractivity contribution in [3.05, 3.63) is 35.1 Å². The molecule has 0 amide bonds. The second-order valence-electron chi connectivity index (χ2n) is 3.77. The molecule has 0 aromatic heterocycles. The number of benzene rings is 1. The van der Waals surface area contributed by atoms with Crippen molar-refractivity contribution in [2.45, 2.75) is 13.0 Å². The van der Waals surface area contributed by atoms with Gasteiger partial charge in [0, 0.05) is 12.1 Å². The zero-order valence-corrected chi connectivity index (χ0v) is 9.41. The van der Waals surface area contributed by atoms with E-state index in [0.717, 1.165) is 13.0 Å². The predicted molar refractivity (Wildman–Crippen MR) is 61.1 cm³/mol. The zero-order chi connectivity index (χ0) is 12.0. The molecule has 0 heterocycles. The van der Waals surface area contributed by atoms with E-state index in [1.165, 1.54) is 6.07 Å². The Kier molecular flexibility index (Phi) is 4.90. The Labute approximate surface area is 95.3 Å². The van der Waals surface area contributed by atoms with Gasteiger partial charge in [-0.2, -0.15) is 5.26 Å². The summed E-state index contributed by atoms with van der Waals surface area (Å²) in [6, 6.07) is 6.73. The van der Waals surface area contributed by atoms with Crippen molar-refractivity contribution in [2.75, 3.05) is 20.1 Å². The second kappa shape index (κ2) is 6.21. The van der Waals surface area contributed by atoms with Crippen LogP contribution in [0.15, 0.2) is 18.2 Å². The summed E-state index contributed by atoms with van der Waals surface area (Å²) >= 11 is 0. The molecule has 4 heteroatoms. The van der Waals surface area contributed by atoms with Crippen LogP contribution < -0.4 is 5.73 Å². The van der Waals surface area contributed by atoms with Crippen molar-refractivity contribution in [2.24, 2.45) is 5.73 Å². The van der Waals surface area contributed by atoms with Crippen LogP contribution in [0.2, 0.25) is 0 Å². The monoisotopic (exact) mass is 221 g/mol. The Morgan fingerprint density at radius 1 is 1.50 bits per heavy atom. The molecule has 0 atom stereocenters. The number of nitriles is 1. The number of nitrogens with zero attached hydrogens (tertiary/aromatic N) is 2. The number of hydrogen-bond donors (Lipinski definition) is 1. The summed E-state index contributed by atoms with van der Waals surface area (Å²) < 4.78 is 13.7. The van der Waals surface area contributed by atoms with Crippen LogP contribution in [0.1, 0.15) is 17.5 Å². The summed E-state index contributed by atoms with van der Waals surface area (Å²) in [4.78, 5) is 1.99. The van der Waals surface area contributed by atoms with E-state index in [9.17, 15) is 4.39 Å². The molecule has 1 aromatic carbocycles. The number of halogens is 1. The first-order chi connectivity index (χ1) is 7.69. The average molecular weight is 221 g/mol. The predicted octanol–water partition coefficient (Wildman–Crippen LogP) is 1.48. The van der Waals surface area contributed by atoms with Crippen LogP contribution in [-0.2, 0) is 6.54 Å². The Bertz CT molecular complexity index is 384. The van der Waals surface area contributed by atoms with Gasteiger partial charge in [0.15, 0.2) is 0 Å². The molecule has 0 saturated heterocycles. The highest BCUT2D eigenvalue weighted by Crippen LogP contribution is 2.13. The van der Waals surface area contributed by atoms with E-state index in [2.05, 4.69) is 0 Å². The van der Waals surface area contributed by atoms with Gasteiger partial charge in [0.2, 0.25) is 0 Å². The maximum atomic E-state index is 13.7. The lowest BCUT2D eigenvalue weighted by Crippen LogP contribution is -2.22. The molecular formula is C12H16FN3. The summed E-state index contributed by atoms with van der Waals surface area (Å²) in [6.45, 7) is 1.96. The van der Waals surface area contributed by atoms with Gasteiger partial charge in [-0.15, -0.1) is 0 Å². The minimum Gasteiger partial charge on any atom is -0.330 e. The van der Waals surface area contributed by atoms with Gasteiger partial charge in [-0.1, -0.05) is 12.1 Å². The van der Waals surface area contributed by atoms with Crippen LogP contribution in [0.25, 0.3) is 0 Å². The van der Waals surface area contributed by atoms with Gasteiger partial charge < -0.3 is 10.6 Å². The van der Waals surface area contributed by atoms with Crippen molar-refractivity contribution in [1.82, 2.24) is 4.90 Å². The van der Waals surface area contributed by atoms with E-state index in [-0.39, 0.29) is 5.56 Å². The summed E-state index contributed by atoms with van der Waals surface area (Å²) in [7, 11) is 1.91. The van der Waals surface area contributed by atoms with Crippen molar-refractivity contribution in [3.8, 4) is 6.07 Å². The van der Waals surface area contributed by atoms with Gasteiger partial charge in [0.1, 0.15) is 11.9 Å². The van der Waals surface area contributed by atoms with Crippen molar-refractivity contribution in [3.63, 3.8) is 0 Å². The van der Waals surface area contributed by atoms with Crippen LogP contribution >= 0.6 is 0 Å². The fraction of sp³-hybridized carbons (Fsp3) is 0.417. The maximum absolute atomic E-state index is 13.7. The average Bonchev–Trinajstić information content (AvgIpc) is 2.29. The largest absolute Gasteiger partial charge is 0.330 e. The topological polar surface area (TPSA) is 53.0 Å². The third kappa shape index (κ3) is 3.30. The number of hydrogen-bond acceptors (Lipinski definition) is 3. The standard InChI is InChI=1S/C12H16FN3/c1-16(7-3-6-14)9-11-5-2-4-10(8-15)12(11)13/h2,4-5H,3,6-7,9,14H2,1H3. The molecule has 0 radical (unpaired) electrons. The van der Waals surface area contributed by atoms with Gasteiger partial charge in [0.25, 0.3) is 0 Å². The molecule has 0 saturated carbocycles. The van der Waals surface area contributed by atoms with Gasteiger partial charge in [-0.25, -0.2) is 4.39 Å². The van der Waals surface area contributed by atoms with Crippen LogP contribution in [0, 0.1) is 17.1 Å². The first kappa shape index (κ1) is 12.6. The molecule has 16 heavy (non-hydrogen) atoms. The van der Waals surface area contributed by atoms with Gasteiger partial charge in [-0.3, -0.25) is 0 Å². The molecule has 3 nitrogen and oxygen atoms in total. The molecule has 1 rings (SSSR count). The molecule has 86 valence electrons. The molecule has 0 spiro atoms. The molecule has 0 bridgehead atoms. The van der Waals surface area contributed by atoms with Gasteiger partial charge >= 0.3 is 0 Å². The van der Waals surface area contributed by atoms with E-state index in [4.69, 9.17) is 11.0 Å². The SMILES string of the molecule is CN(CCCN)Cc1cccc(C#N)c1F. The van der Waals surface area contributed by atoms with Crippen molar-refractivity contribution < 1.29 is 4.39 Å². The van der Waals surface area contributed by atoms with Gasteiger partial charge in [-0.05, 0) is 32.6 Å². The third-order valence-corrected chi connectivity index (χ3v) is 2.38. The molecule has 0 fully saturated rings. The van der Waals surface area contributed by atoms with E-state index in [0.29, 0.717) is 18.7 Å². The maximum Gasteiger partial charge on any atom is 0.145 e. The highest BCUT2D eigenvalue weighted by molar-refractivity contribution is 5.34. The van der Waals surface area contributed by atoms with Crippen LogP contribution in [0.4, 0.5) is 4.39 Å². The number of nitrogens with two attached hydrogens (primary N) is 1. The lowest BCUT2D eigenvalue weighted by molar-refractivity contribution is 0.318. The minimum absolute atomic E-state index is 0.102. The summed E-state index contributed by atoms with van der Waals surface area (Å²) in [6.07, 6.45) is 0.885. The van der Waals surface area contributed by atoms with Crippen LogP contribution in [-0.4, -0.2) is 25.0 Å². The van der Waals surface area contributed by atoms with Crippen LogP contribution in [0.3, 0.4) is 0 Å². The van der Waals surface area contributed by atoms with E-state index in [1.807, 2.05) is 18.0 Å². The van der Waals surface area contributed by atoms with Crippen molar-refractivity contribution in [1.29, 1.82) is 5.26 Å². The first-order valence-corrected chi connectivity index (χ1v) is 5.25. The Morgan fingerprint density at radius 3 is 2.88 bits per heavy atom. The Morgan fingerprint density at radius 2 is 2.25 bits per heavy atom. The van der Waals surface area contributed by atoms with E-state index >= 15 is 0 Å². The lowest BCUT2D eigenvalue weighted by atomic mass is 10.1. The fourth-order valence-corrected chi connectivity index (χ4v) is 1.52. The molecule has 2 N–H and O–H groups in total. The normalized spacial score (nSPS) is 10.4. The molecular weight excluding hydrogens is 205 g/mol. The minimum atomic E-state index is -0.412. The highest BCUT2D eigenvalue weighted by Gasteiger charge is 2.09. The van der Waals surface area contributed by atoms with E-state index < -0.39 is 5.82 Å². The first-order valence-electron chi connectivity index (χ1n) is 5.25.